The standard InChI is InChI=1S/C22H25FN2O3/c23-17-7-5-16(6-8-17)20-18-4-2-1-3-15(18)9-11-25(20)21(27)19-13-22(24,14-26)10-12-28-19/h1-8,19-20,26H,9-14,24H2/t19-,20+,22-/m1/s1. The Hall–Kier alpha value is -2.28. The number of rotatable bonds is 3. The summed E-state index contributed by atoms with van der Waals surface area (Å²) >= 11 is 0. The molecule has 1 amide bonds. The quantitative estimate of drug-likeness (QED) is 0.851. The molecule has 148 valence electrons. The van der Waals surface area contributed by atoms with Crippen LogP contribution in [-0.2, 0) is 16.0 Å². The second-order valence-corrected chi connectivity index (χ2v) is 7.77. The van der Waals surface area contributed by atoms with Gasteiger partial charge in [0.25, 0.3) is 5.91 Å². The average molecular weight is 384 g/mol. The lowest BCUT2D eigenvalue weighted by molar-refractivity contribution is -0.152. The van der Waals surface area contributed by atoms with E-state index in [0.29, 0.717) is 19.6 Å². The Morgan fingerprint density at radius 3 is 2.75 bits per heavy atom. The summed E-state index contributed by atoms with van der Waals surface area (Å²) in [4.78, 5) is 15.2. The van der Waals surface area contributed by atoms with E-state index in [1.165, 1.54) is 17.7 Å². The zero-order valence-electron chi connectivity index (χ0n) is 15.7. The van der Waals surface area contributed by atoms with E-state index in [0.717, 1.165) is 17.5 Å². The molecule has 0 aromatic heterocycles. The summed E-state index contributed by atoms with van der Waals surface area (Å²) in [5.41, 5.74) is 8.51. The SMILES string of the molecule is N[C@]1(CO)CCO[C@@H](C(=O)N2CCc3ccccc3[C@@H]2c2ccc(F)cc2)C1. The number of carbonyl (C=O) groups excluding carboxylic acids is 1. The third-order valence-electron chi connectivity index (χ3n) is 5.85. The smallest absolute Gasteiger partial charge is 0.252 e. The fourth-order valence-corrected chi connectivity index (χ4v) is 4.23. The molecule has 5 nitrogen and oxygen atoms in total. The summed E-state index contributed by atoms with van der Waals surface area (Å²) in [5, 5.41) is 9.61. The van der Waals surface area contributed by atoms with Crippen molar-refractivity contribution in [3.8, 4) is 0 Å². The molecule has 0 bridgehead atoms. The Morgan fingerprint density at radius 2 is 2.00 bits per heavy atom. The summed E-state index contributed by atoms with van der Waals surface area (Å²) in [6.45, 7) is 0.720. The van der Waals surface area contributed by atoms with E-state index in [9.17, 15) is 14.3 Å². The van der Waals surface area contributed by atoms with Crippen molar-refractivity contribution in [2.24, 2.45) is 5.73 Å². The van der Waals surface area contributed by atoms with Crippen LogP contribution in [0.3, 0.4) is 0 Å². The Balaban J connectivity index is 1.69. The molecule has 0 unspecified atom stereocenters. The van der Waals surface area contributed by atoms with Gasteiger partial charge in [0.05, 0.1) is 12.6 Å². The number of hydrogen-bond donors (Lipinski definition) is 2. The van der Waals surface area contributed by atoms with Gasteiger partial charge in [-0.05, 0) is 41.7 Å². The lowest BCUT2D eigenvalue weighted by Gasteiger charge is -2.42. The minimum Gasteiger partial charge on any atom is -0.394 e. The summed E-state index contributed by atoms with van der Waals surface area (Å²) < 4.78 is 19.2. The first-order valence-corrected chi connectivity index (χ1v) is 9.66. The number of benzene rings is 2. The van der Waals surface area contributed by atoms with Gasteiger partial charge < -0.3 is 20.5 Å². The van der Waals surface area contributed by atoms with Crippen LogP contribution in [0.25, 0.3) is 0 Å². The highest BCUT2D eigenvalue weighted by molar-refractivity contribution is 5.82. The van der Waals surface area contributed by atoms with Crippen molar-refractivity contribution in [1.82, 2.24) is 4.90 Å². The number of aliphatic hydroxyl groups is 1. The molecule has 4 rings (SSSR count). The topological polar surface area (TPSA) is 75.8 Å². The van der Waals surface area contributed by atoms with Gasteiger partial charge in [0.1, 0.15) is 11.9 Å². The first kappa shape index (κ1) is 19.1. The molecule has 2 aliphatic heterocycles. The monoisotopic (exact) mass is 384 g/mol. The molecular formula is C22H25FN2O3. The van der Waals surface area contributed by atoms with Crippen LogP contribution in [0.5, 0.6) is 0 Å². The van der Waals surface area contributed by atoms with E-state index in [4.69, 9.17) is 10.5 Å². The van der Waals surface area contributed by atoms with Gasteiger partial charge in [0, 0.05) is 25.1 Å². The van der Waals surface area contributed by atoms with Crippen molar-refractivity contribution < 1.29 is 19.0 Å². The van der Waals surface area contributed by atoms with Gasteiger partial charge in [-0.2, -0.15) is 0 Å². The van der Waals surface area contributed by atoms with Gasteiger partial charge in [-0.1, -0.05) is 36.4 Å². The lowest BCUT2D eigenvalue weighted by atomic mass is 9.85. The van der Waals surface area contributed by atoms with Crippen LogP contribution in [0.15, 0.2) is 48.5 Å². The zero-order valence-corrected chi connectivity index (χ0v) is 15.7. The summed E-state index contributed by atoms with van der Waals surface area (Å²) in [6.07, 6.45) is 0.882. The third kappa shape index (κ3) is 3.55. The van der Waals surface area contributed by atoms with E-state index in [-0.39, 0.29) is 30.8 Å². The van der Waals surface area contributed by atoms with Crippen LogP contribution in [-0.4, -0.2) is 47.3 Å². The van der Waals surface area contributed by atoms with E-state index >= 15 is 0 Å². The molecule has 0 spiro atoms. The maximum atomic E-state index is 13.5. The van der Waals surface area contributed by atoms with Crippen molar-refractivity contribution in [3.63, 3.8) is 0 Å². The maximum Gasteiger partial charge on any atom is 0.252 e. The molecule has 0 aliphatic carbocycles. The summed E-state index contributed by atoms with van der Waals surface area (Å²) in [5.74, 6) is -0.441. The number of amides is 1. The van der Waals surface area contributed by atoms with Crippen LogP contribution < -0.4 is 5.73 Å². The summed E-state index contributed by atoms with van der Waals surface area (Å²) in [6, 6.07) is 14.0. The zero-order chi connectivity index (χ0) is 19.7. The van der Waals surface area contributed by atoms with Crippen molar-refractivity contribution in [2.75, 3.05) is 19.8 Å². The van der Waals surface area contributed by atoms with E-state index < -0.39 is 11.6 Å². The highest BCUT2D eigenvalue weighted by atomic mass is 19.1. The van der Waals surface area contributed by atoms with Crippen molar-refractivity contribution in [3.05, 3.63) is 71.0 Å². The van der Waals surface area contributed by atoms with Gasteiger partial charge in [0.2, 0.25) is 0 Å². The van der Waals surface area contributed by atoms with Crippen molar-refractivity contribution >= 4 is 5.91 Å². The van der Waals surface area contributed by atoms with E-state index in [1.807, 2.05) is 23.1 Å². The molecular weight excluding hydrogens is 359 g/mol. The summed E-state index contributed by atoms with van der Waals surface area (Å²) in [7, 11) is 0. The molecule has 0 saturated carbocycles. The van der Waals surface area contributed by atoms with Crippen LogP contribution in [0.2, 0.25) is 0 Å². The molecule has 1 saturated heterocycles. The second-order valence-electron chi connectivity index (χ2n) is 7.77. The highest BCUT2D eigenvalue weighted by Crippen LogP contribution is 2.37. The van der Waals surface area contributed by atoms with Crippen molar-refractivity contribution in [1.29, 1.82) is 0 Å². The Morgan fingerprint density at radius 1 is 1.25 bits per heavy atom. The molecule has 3 N–H and O–H groups in total. The van der Waals surface area contributed by atoms with Crippen LogP contribution in [0.4, 0.5) is 4.39 Å². The number of nitrogens with zero attached hydrogens (tertiary/aromatic N) is 1. The molecule has 3 atom stereocenters. The Kier molecular flexibility index (Phi) is 5.19. The van der Waals surface area contributed by atoms with Crippen LogP contribution in [0, 0.1) is 5.82 Å². The third-order valence-corrected chi connectivity index (χ3v) is 5.85. The van der Waals surface area contributed by atoms with Gasteiger partial charge in [-0.3, -0.25) is 4.79 Å². The Bertz CT molecular complexity index is 857. The number of ether oxygens (including phenoxy) is 1. The Labute approximate surface area is 163 Å². The number of fused-ring (bicyclic) bond motifs is 1. The molecule has 2 aliphatic rings. The van der Waals surface area contributed by atoms with Gasteiger partial charge >= 0.3 is 0 Å². The van der Waals surface area contributed by atoms with Crippen molar-refractivity contribution in [2.45, 2.75) is 36.9 Å². The number of carbonyl (C=O) groups is 1. The molecule has 2 aromatic carbocycles. The molecule has 28 heavy (non-hydrogen) atoms. The largest absolute Gasteiger partial charge is 0.394 e. The fourth-order valence-electron chi connectivity index (χ4n) is 4.23. The van der Waals surface area contributed by atoms with Crippen LogP contribution in [0.1, 0.15) is 35.6 Å². The van der Waals surface area contributed by atoms with Gasteiger partial charge in [-0.15, -0.1) is 0 Å². The first-order chi connectivity index (χ1) is 13.5. The molecule has 2 heterocycles. The minimum absolute atomic E-state index is 0.133. The maximum absolute atomic E-state index is 13.5. The fraction of sp³-hybridized carbons (Fsp3) is 0.409. The molecule has 2 aromatic rings. The first-order valence-electron chi connectivity index (χ1n) is 9.66. The molecule has 1 fully saturated rings. The number of halogens is 1. The van der Waals surface area contributed by atoms with Crippen LogP contribution >= 0.6 is 0 Å². The normalized spacial score (nSPS) is 27.3. The number of hydrogen-bond acceptors (Lipinski definition) is 4. The molecule has 0 radical (unpaired) electrons. The lowest BCUT2D eigenvalue weighted by Crippen LogP contribution is -2.56. The second kappa shape index (κ2) is 7.62. The number of nitrogens with two attached hydrogens (primary N) is 1. The molecule has 6 heteroatoms. The highest BCUT2D eigenvalue weighted by Gasteiger charge is 2.41. The van der Waals surface area contributed by atoms with E-state index in [2.05, 4.69) is 6.07 Å². The predicted molar refractivity (Wildman–Crippen MR) is 103 cm³/mol. The minimum atomic E-state index is -0.794. The van der Waals surface area contributed by atoms with Gasteiger partial charge in [-0.25, -0.2) is 4.39 Å². The number of aliphatic hydroxyl groups excluding tert-OH is 1. The average Bonchev–Trinajstić information content (AvgIpc) is 2.73. The van der Waals surface area contributed by atoms with E-state index in [1.54, 1.807) is 12.1 Å². The van der Waals surface area contributed by atoms with Gasteiger partial charge in [0.15, 0.2) is 0 Å². The predicted octanol–water partition coefficient (Wildman–Crippen LogP) is 2.17.